The number of rotatable bonds is 4. The minimum atomic E-state index is -0.0457. The normalized spacial score (nSPS) is 19.5. The summed E-state index contributed by atoms with van der Waals surface area (Å²) in [5, 5.41) is 3.11. The molecule has 0 saturated carbocycles. The summed E-state index contributed by atoms with van der Waals surface area (Å²) in [4.78, 5) is 4.60. The van der Waals surface area contributed by atoms with Gasteiger partial charge in [-0.05, 0) is 19.3 Å². The van der Waals surface area contributed by atoms with Gasteiger partial charge in [0, 0.05) is 17.6 Å². The number of ether oxygens (including phenoxy) is 2. The van der Waals surface area contributed by atoms with E-state index in [-0.39, 0.29) is 6.29 Å². The fourth-order valence-corrected chi connectivity index (χ4v) is 2.92. The molecule has 1 aromatic carbocycles. The van der Waals surface area contributed by atoms with Crippen molar-refractivity contribution in [2.24, 2.45) is 0 Å². The summed E-state index contributed by atoms with van der Waals surface area (Å²) in [6, 6.07) is 10.2. The van der Waals surface area contributed by atoms with Crippen molar-refractivity contribution in [1.82, 2.24) is 4.98 Å². The second kappa shape index (κ2) is 6.28. The SMILES string of the molecule is c1ccc(-c2nc(COC3CCCCO3)cs2)cc1. The number of nitrogens with zero attached hydrogens (tertiary/aromatic N) is 1. The summed E-state index contributed by atoms with van der Waals surface area (Å²) in [7, 11) is 0. The van der Waals surface area contributed by atoms with E-state index in [0.717, 1.165) is 35.7 Å². The molecule has 100 valence electrons. The Morgan fingerprint density at radius 1 is 1.26 bits per heavy atom. The van der Waals surface area contributed by atoms with Crippen molar-refractivity contribution in [1.29, 1.82) is 0 Å². The van der Waals surface area contributed by atoms with Crippen LogP contribution < -0.4 is 0 Å². The van der Waals surface area contributed by atoms with Crippen LogP contribution >= 0.6 is 11.3 Å². The minimum absolute atomic E-state index is 0.0457. The van der Waals surface area contributed by atoms with E-state index < -0.39 is 0 Å². The molecule has 2 heterocycles. The van der Waals surface area contributed by atoms with Gasteiger partial charge in [-0.3, -0.25) is 0 Å². The van der Waals surface area contributed by atoms with Gasteiger partial charge in [0.25, 0.3) is 0 Å². The van der Waals surface area contributed by atoms with Gasteiger partial charge in [-0.1, -0.05) is 30.3 Å². The highest BCUT2D eigenvalue weighted by Crippen LogP contribution is 2.24. The van der Waals surface area contributed by atoms with Crippen LogP contribution in [0.1, 0.15) is 25.0 Å². The molecule has 0 N–H and O–H groups in total. The molecule has 3 rings (SSSR count). The van der Waals surface area contributed by atoms with Crippen LogP contribution in [-0.2, 0) is 16.1 Å². The molecule has 1 unspecified atom stereocenters. The second-order valence-electron chi connectivity index (χ2n) is 4.62. The zero-order chi connectivity index (χ0) is 12.9. The lowest BCUT2D eigenvalue weighted by molar-refractivity contribution is -0.169. The van der Waals surface area contributed by atoms with Crippen molar-refractivity contribution in [3.05, 3.63) is 41.4 Å². The first-order valence-electron chi connectivity index (χ1n) is 6.65. The Balaban J connectivity index is 1.59. The van der Waals surface area contributed by atoms with Crippen LogP contribution in [0, 0.1) is 0 Å². The fourth-order valence-electron chi connectivity index (χ4n) is 2.11. The average Bonchev–Trinajstić information content (AvgIpc) is 2.96. The molecule has 0 bridgehead atoms. The highest BCUT2D eigenvalue weighted by Gasteiger charge is 2.14. The third-order valence-corrected chi connectivity index (χ3v) is 4.07. The Hall–Kier alpha value is -1.23. The summed E-state index contributed by atoms with van der Waals surface area (Å²) in [5.74, 6) is 0. The van der Waals surface area contributed by atoms with Gasteiger partial charge in [0.2, 0.25) is 0 Å². The number of hydrogen-bond donors (Lipinski definition) is 0. The van der Waals surface area contributed by atoms with Gasteiger partial charge in [-0.2, -0.15) is 0 Å². The molecule has 1 saturated heterocycles. The van der Waals surface area contributed by atoms with Gasteiger partial charge in [0.05, 0.1) is 12.3 Å². The van der Waals surface area contributed by atoms with Crippen LogP contribution in [0.4, 0.5) is 0 Å². The molecule has 1 aliphatic rings. The van der Waals surface area contributed by atoms with Crippen molar-refractivity contribution in [2.45, 2.75) is 32.2 Å². The summed E-state index contributed by atoms with van der Waals surface area (Å²) < 4.78 is 11.3. The third-order valence-electron chi connectivity index (χ3n) is 3.13. The van der Waals surface area contributed by atoms with Gasteiger partial charge in [0.15, 0.2) is 6.29 Å². The van der Waals surface area contributed by atoms with Crippen LogP contribution in [0.3, 0.4) is 0 Å². The molecular weight excluding hydrogens is 258 g/mol. The fraction of sp³-hybridized carbons (Fsp3) is 0.400. The predicted molar refractivity (Wildman–Crippen MR) is 75.9 cm³/mol. The maximum absolute atomic E-state index is 5.74. The maximum atomic E-state index is 5.74. The van der Waals surface area contributed by atoms with E-state index in [0.29, 0.717) is 6.61 Å². The smallest absolute Gasteiger partial charge is 0.158 e. The van der Waals surface area contributed by atoms with Crippen LogP contribution in [-0.4, -0.2) is 17.9 Å². The molecule has 4 heteroatoms. The predicted octanol–water partition coefficient (Wildman–Crippen LogP) is 3.85. The van der Waals surface area contributed by atoms with Gasteiger partial charge in [-0.15, -0.1) is 11.3 Å². The van der Waals surface area contributed by atoms with Crippen LogP contribution in [0.5, 0.6) is 0 Å². The molecule has 1 atom stereocenters. The summed E-state index contributed by atoms with van der Waals surface area (Å²) in [5.41, 5.74) is 2.14. The summed E-state index contributed by atoms with van der Waals surface area (Å²) >= 11 is 1.66. The monoisotopic (exact) mass is 275 g/mol. The van der Waals surface area contributed by atoms with Crippen molar-refractivity contribution in [2.75, 3.05) is 6.61 Å². The Labute approximate surface area is 117 Å². The number of thiazole rings is 1. The van der Waals surface area contributed by atoms with Gasteiger partial charge in [-0.25, -0.2) is 4.98 Å². The summed E-state index contributed by atoms with van der Waals surface area (Å²) in [6.45, 7) is 1.35. The lowest BCUT2D eigenvalue weighted by Gasteiger charge is -2.22. The van der Waals surface area contributed by atoms with Crippen LogP contribution in [0.15, 0.2) is 35.7 Å². The molecule has 0 spiro atoms. The van der Waals surface area contributed by atoms with Crippen molar-refractivity contribution in [3.8, 4) is 10.6 Å². The first-order chi connectivity index (χ1) is 9.42. The van der Waals surface area contributed by atoms with Crippen LogP contribution in [0.2, 0.25) is 0 Å². The second-order valence-corrected chi connectivity index (χ2v) is 5.48. The Bertz CT molecular complexity index is 506. The van der Waals surface area contributed by atoms with E-state index in [2.05, 4.69) is 22.5 Å². The average molecular weight is 275 g/mol. The zero-order valence-electron chi connectivity index (χ0n) is 10.7. The first-order valence-corrected chi connectivity index (χ1v) is 7.53. The zero-order valence-corrected chi connectivity index (χ0v) is 11.6. The van der Waals surface area contributed by atoms with Gasteiger partial charge >= 0.3 is 0 Å². The van der Waals surface area contributed by atoms with Crippen molar-refractivity contribution >= 4 is 11.3 Å². The topological polar surface area (TPSA) is 31.4 Å². The van der Waals surface area contributed by atoms with E-state index >= 15 is 0 Å². The van der Waals surface area contributed by atoms with Gasteiger partial charge < -0.3 is 9.47 Å². The molecular formula is C15H17NO2S. The number of hydrogen-bond acceptors (Lipinski definition) is 4. The largest absolute Gasteiger partial charge is 0.353 e. The Kier molecular flexibility index (Phi) is 4.23. The maximum Gasteiger partial charge on any atom is 0.158 e. The quantitative estimate of drug-likeness (QED) is 0.849. The molecule has 19 heavy (non-hydrogen) atoms. The molecule has 0 amide bonds. The highest BCUT2D eigenvalue weighted by atomic mass is 32.1. The summed E-state index contributed by atoms with van der Waals surface area (Å²) in [6.07, 6.45) is 3.29. The van der Waals surface area contributed by atoms with E-state index in [4.69, 9.17) is 9.47 Å². The molecule has 2 aromatic rings. The highest BCUT2D eigenvalue weighted by molar-refractivity contribution is 7.13. The number of benzene rings is 1. The molecule has 0 aliphatic carbocycles. The molecule has 1 aliphatic heterocycles. The molecule has 1 aromatic heterocycles. The molecule has 0 radical (unpaired) electrons. The van der Waals surface area contributed by atoms with E-state index in [1.54, 1.807) is 11.3 Å². The molecule has 3 nitrogen and oxygen atoms in total. The lowest BCUT2D eigenvalue weighted by atomic mass is 10.2. The number of aromatic nitrogens is 1. The Morgan fingerprint density at radius 3 is 2.95 bits per heavy atom. The van der Waals surface area contributed by atoms with E-state index in [1.807, 2.05) is 18.2 Å². The Morgan fingerprint density at radius 2 is 2.16 bits per heavy atom. The van der Waals surface area contributed by atoms with E-state index in [1.165, 1.54) is 6.42 Å². The van der Waals surface area contributed by atoms with Gasteiger partial charge in [0.1, 0.15) is 5.01 Å². The van der Waals surface area contributed by atoms with E-state index in [9.17, 15) is 0 Å². The lowest BCUT2D eigenvalue weighted by Crippen LogP contribution is -2.22. The third kappa shape index (κ3) is 3.41. The minimum Gasteiger partial charge on any atom is -0.353 e. The van der Waals surface area contributed by atoms with Crippen molar-refractivity contribution < 1.29 is 9.47 Å². The molecule has 1 fully saturated rings. The van der Waals surface area contributed by atoms with Crippen LogP contribution in [0.25, 0.3) is 10.6 Å². The standard InChI is InChI=1S/C15H17NO2S/c1-2-6-12(7-3-1)15-16-13(11-19-15)10-18-14-8-4-5-9-17-14/h1-3,6-7,11,14H,4-5,8-10H2. The first kappa shape index (κ1) is 12.8. The van der Waals surface area contributed by atoms with Crippen molar-refractivity contribution in [3.63, 3.8) is 0 Å².